The van der Waals surface area contributed by atoms with Gasteiger partial charge < -0.3 is 5.32 Å². The molecule has 0 aliphatic heterocycles. The predicted molar refractivity (Wildman–Crippen MR) is 80.2 cm³/mol. The first-order valence-corrected chi connectivity index (χ1v) is 6.46. The molecule has 0 spiro atoms. The monoisotopic (exact) mass is 260 g/mol. The van der Waals surface area contributed by atoms with E-state index in [-0.39, 0.29) is 0 Å². The molecule has 0 aliphatic rings. The molecule has 4 aromatic rings. The fourth-order valence-corrected chi connectivity index (χ4v) is 2.29. The first-order valence-electron chi connectivity index (χ1n) is 6.46. The third-order valence-corrected chi connectivity index (χ3v) is 3.23. The van der Waals surface area contributed by atoms with Gasteiger partial charge in [-0.3, -0.25) is 4.40 Å². The van der Waals surface area contributed by atoms with E-state index in [0.717, 1.165) is 22.5 Å². The SMILES string of the molecule is c1ccc(Nc2ccn3c(n2)nc2ccccc23)cc1. The van der Waals surface area contributed by atoms with Crippen LogP contribution in [0, 0.1) is 0 Å². The lowest BCUT2D eigenvalue weighted by atomic mass is 10.3. The molecular formula is C16H12N4. The number of fused-ring (bicyclic) bond motifs is 3. The third-order valence-electron chi connectivity index (χ3n) is 3.23. The van der Waals surface area contributed by atoms with E-state index < -0.39 is 0 Å². The fraction of sp³-hybridized carbons (Fsp3) is 0. The number of nitrogens with one attached hydrogen (secondary N) is 1. The van der Waals surface area contributed by atoms with Gasteiger partial charge in [-0.2, -0.15) is 4.98 Å². The van der Waals surface area contributed by atoms with Gasteiger partial charge in [-0.15, -0.1) is 0 Å². The maximum atomic E-state index is 4.55. The zero-order valence-electron chi connectivity index (χ0n) is 10.7. The minimum absolute atomic E-state index is 0.701. The molecule has 2 aromatic heterocycles. The van der Waals surface area contributed by atoms with Crippen molar-refractivity contribution in [1.82, 2.24) is 14.4 Å². The highest BCUT2D eigenvalue weighted by molar-refractivity contribution is 5.79. The summed E-state index contributed by atoms with van der Waals surface area (Å²) >= 11 is 0. The van der Waals surface area contributed by atoms with Gasteiger partial charge in [-0.1, -0.05) is 30.3 Å². The first kappa shape index (κ1) is 11.0. The van der Waals surface area contributed by atoms with Crippen LogP contribution in [-0.2, 0) is 0 Å². The van der Waals surface area contributed by atoms with Crippen LogP contribution in [0.3, 0.4) is 0 Å². The lowest BCUT2D eigenvalue weighted by Crippen LogP contribution is -1.96. The summed E-state index contributed by atoms with van der Waals surface area (Å²) in [7, 11) is 0. The lowest BCUT2D eigenvalue weighted by Gasteiger charge is -2.05. The summed E-state index contributed by atoms with van der Waals surface area (Å²) in [5.41, 5.74) is 3.04. The van der Waals surface area contributed by atoms with Crippen molar-refractivity contribution < 1.29 is 0 Å². The van der Waals surface area contributed by atoms with Gasteiger partial charge in [0.05, 0.1) is 11.0 Å². The second-order valence-corrected chi connectivity index (χ2v) is 4.57. The number of rotatable bonds is 2. The van der Waals surface area contributed by atoms with E-state index in [1.165, 1.54) is 0 Å². The van der Waals surface area contributed by atoms with Gasteiger partial charge in [0.2, 0.25) is 5.78 Å². The van der Waals surface area contributed by atoms with Gasteiger partial charge in [0.1, 0.15) is 5.82 Å². The molecule has 4 rings (SSSR count). The Morgan fingerprint density at radius 3 is 2.50 bits per heavy atom. The van der Waals surface area contributed by atoms with Gasteiger partial charge in [0.25, 0.3) is 0 Å². The molecule has 0 unspecified atom stereocenters. The molecule has 2 aromatic carbocycles. The van der Waals surface area contributed by atoms with Crippen LogP contribution in [0.2, 0.25) is 0 Å². The summed E-state index contributed by atoms with van der Waals surface area (Å²) < 4.78 is 1.99. The molecule has 0 atom stereocenters. The van der Waals surface area contributed by atoms with Crippen LogP contribution in [0.15, 0.2) is 66.9 Å². The van der Waals surface area contributed by atoms with Crippen LogP contribution in [0.25, 0.3) is 16.8 Å². The van der Waals surface area contributed by atoms with Crippen LogP contribution in [0.5, 0.6) is 0 Å². The number of hydrogen-bond donors (Lipinski definition) is 1. The Kier molecular flexibility index (Phi) is 2.39. The van der Waals surface area contributed by atoms with Crippen molar-refractivity contribution in [3.05, 3.63) is 66.9 Å². The molecule has 0 radical (unpaired) electrons. The molecule has 0 amide bonds. The Balaban J connectivity index is 1.81. The molecule has 2 heterocycles. The maximum absolute atomic E-state index is 4.55. The largest absolute Gasteiger partial charge is 0.340 e. The average Bonchev–Trinajstić information content (AvgIpc) is 2.86. The Morgan fingerprint density at radius 2 is 1.60 bits per heavy atom. The van der Waals surface area contributed by atoms with E-state index in [1.54, 1.807) is 0 Å². The van der Waals surface area contributed by atoms with E-state index in [9.17, 15) is 0 Å². The van der Waals surface area contributed by atoms with Crippen LogP contribution >= 0.6 is 0 Å². The molecule has 4 heteroatoms. The van der Waals surface area contributed by atoms with Gasteiger partial charge in [0, 0.05) is 11.9 Å². The van der Waals surface area contributed by atoms with E-state index in [2.05, 4.69) is 15.3 Å². The van der Waals surface area contributed by atoms with E-state index >= 15 is 0 Å². The Hall–Kier alpha value is -2.88. The molecule has 4 nitrogen and oxygen atoms in total. The zero-order valence-corrected chi connectivity index (χ0v) is 10.7. The summed E-state index contributed by atoms with van der Waals surface area (Å²) in [4.78, 5) is 9.08. The zero-order chi connectivity index (χ0) is 13.4. The smallest absolute Gasteiger partial charge is 0.236 e. The average molecular weight is 260 g/mol. The lowest BCUT2D eigenvalue weighted by molar-refractivity contribution is 1.14. The first-order chi connectivity index (χ1) is 9.90. The Labute approximate surface area is 115 Å². The predicted octanol–water partition coefficient (Wildman–Crippen LogP) is 3.63. The molecule has 0 saturated heterocycles. The number of hydrogen-bond acceptors (Lipinski definition) is 3. The van der Waals surface area contributed by atoms with Crippen molar-refractivity contribution in [1.29, 1.82) is 0 Å². The highest BCUT2D eigenvalue weighted by Crippen LogP contribution is 2.18. The summed E-state index contributed by atoms with van der Waals surface area (Å²) in [6, 6.07) is 20.0. The molecule has 0 aliphatic carbocycles. The van der Waals surface area contributed by atoms with Crippen molar-refractivity contribution in [3.63, 3.8) is 0 Å². The molecule has 0 saturated carbocycles. The van der Waals surface area contributed by atoms with Crippen molar-refractivity contribution in [2.45, 2.75) is 0 Å². The minimum Gasteiger partial charge on any atom is -0.340 e. The van der Waals surface area contributed by atoms with Gasteiger partial charge >= 0.3 is 0 Å². The molecular weight excluding hydrogens is 248 g/mol. The highest BCUT2D eigenvalue weighted by atomic mass is 15.1. The number of para-hydroxylation sites is 3. The highest BCUT2D eigenvalue weighted by Gasteiger charge is 2.05. The quantitative estimate of drug-likeness (QED) is 0.598. The van der Waals surface area contributed by atoms with Crippen LogP contribution in [-0.4, -0.2) is 14.4 Å². The van der Waals surface area contributed by atoms with Gasteiger partial charge in [0.15, 0.2) is 0 Å². The standard InChI is InChI=1S/C16H12N4/c1-2-6-12(7-3-1)17-15-10-11-20-14-9-5-4-8-13(14)18-16(20)19-15/h1-11H,(H,17,18,19). The number of benzene rings is 2. The van der Waals surface area contributed by atoms with Crippen LogP contribution < -0.4 is 5.32 Å². The van der Waals surface area contributed by atoms with Crippen molar-refractivity contribution in [2.75, 3.05) is 5.32 Å². The molecule has 20 heavy (non-hydrogen) atoms. The van der Waals surface area contributed by atoms with E-state index in [4.69, 9.17) is 0 Å². The fourth-order valence-electron chi connectivity index (χ4n) is 2.29. The number of imidazole rings is 1. The normalized spacial score (nSPS) is 11.0. The van der Waals surface area contributed by atoms with E-state index in [0.29, 0.717) is 5.78 Å². The molecule has 0 bridgehead atoms. The van der Waals surface area contributed by atoms with Gasteiger partial charge in [-0.25, -0.2) is 4.98 Å². The summed E-state index contributed by atoms with van der Waals surface area (Å²) in [6.07, 6.45) is 1.99. The molecule has 1 N–H and O–H groups in total. The molecule has 0 fully saturated rings. The second kappa shape index (κ2) is 4.35. The summed E-state index contributed by atoms with van der Waals surface area (Å²) in [5, 5.41) is 3.28. The maximum Gasteiger partial charge on any atom is 0.236 e. The van der Waals surface area contributed by atoms with Crippen LogP contribution in [0.1, 0.15) is 0 Å². The summed E-state index contributed by atoms with van der Waals surface area (Å²) in [6.45, 7) is 0. The van der Waals surface area contributed by atoms with Crippen LogP contribution in [0.4, 0.5) is 11.5 Å². The molecule has 96 valence electrons. The Bertz CT molecular complexity index is 881. The number of nitrogens with zero attached hydrogens (tertiary/aromatic N) is 3. The van der Waals surface area contributed by atoms with E-state index in [1.807, 2.05) is 71.3 Å². The number of anilines is 2. The van der Waals surface area contributed by atoms with Crippen molar-refractivity contribution >= 4 is 28.3 Å². The third kappa shape index (κ3) is 1.78. The van der Waals surface area contributed by atoms with Crippen molar-refractivity contribution in [2.24, 2.45) is 0 Å². The van der Waals surface area contributed by atoms with Crippen molar-refractivity contribution in [3.8, 4) is 0 Å². The number of aromatic nitrogens is 3. The topological polar surface area (TPSA) is 42.2 Å². The van der Waals surface area contributed by atoms with Gasteiger partial charge in [-0.05, 0) is 30.3 Å². The second-order valence-electron chi connectivity index (χ2n) is 4.57. The minimum atomic E-state index is 0.701. The summed E-state index contributed by atoms with van der Waals surface area (Å²) in [5.74, 6) is 1.49. The Morgan fingerprint density at radius 1 is 0.800 bits per heavy atom.